The summed E-state index contributed by atoms with van der Waals surface area (Å²) in [5, 5.41) is 5.18. The van der Waals surface area contributed by atoms with E-state index in [1.807, 2.05) is 24.3 Å². The first-order valence-electron chi connectivity index (χ1n) is 6.08. The van der Waals surface area contributed by atoms with Crippen LogP contribution in [0.2, 0.25) is 0 Å². The molecule has 0 saturated carbocycles. The number of hydrogen-bond donors (Lipinski definition) is 2. The van der Waals surface area contributed by atoms with E-state index in [2.05, 4.69) is 15.9 Å². The van der Waals surface area contributed by atoms with E-state index in [-0.39, 0.29) is 17.2 Å². The third kappa shape index (κ3) is 3.75. The van der Waals surface area contributed by atoms with Gasteiger partial charge in [0.05, 0.1) is 4.90 Å². The minimum absolute atomic E-state index is 0.0235. The Hall–Kier alpha value is -1.57. The third-order valence-electron chi connectivity index (χ3n) is 2.98. The van der Waals surface area contributed by atoms with E-state index >= 15 is 0 Å². The second kappa shape index (κ2) is 6.05. The summed E-state index contributed by atoms with van der Waals surface area (Å²) in [6, 6.07) is 10.5. The highest BCUT2D eigenvalue weighted by atomic mass is 79.9. The number of hydrogen-bond acceptors (Lipinski definition) is 4. The number of sulfonamides is 1. The molecule has 0 aliphatic carbocycles. The van der Waals surface area contributed by atoms with Crippen LogP contribution in [0.4, 0.5) is 5.69 Å². The lowest BCUT2D eigenvalue weighted by atomic mass is 10.2. The number of nitrogen functional groups attached to an aromatic ring is 1. The molecule has 0 spiro atoms. The molecule has 0 bridgehead atoms. The zero-order chi connectivity index (χ0) is 15.6. The number of halogens is 1. The smallest absolute Gasteiger partial charge is 0.238 e. The van der Waals surface area contributed by atoms with Crippen molar-refractivity contribution in [3.8, 4) is 5.75 Å². The number of nitrogens with two attached hydrogens (primary N) is 2. The molecule has 0 heterocycles. The van der Waals surface area contributed by atoms with Crippen LogP contribution in [-0.4, -0.2) is 8.42 Å². The highest BCUT2D eigenvalue weighted by Gasteiger charge is 2.16. The fourth-order valence-electron chi connectivity index (χ4n) is 1.90. The Morgan fingerprint density at radius 2 is 1.90 bits per heavy atom. The van der Waals surface area contributed by atoms with Gasteiger partial charge in [-0.1, -0.05) is 34.1 Å². The quantitative estimate of drug-likeness (QED) is 0.808. The zero-order valence-corrected chi connectivity index (χ0v) is 13.7. The van der Waals surface area contributed by atoms with Crippen molar-refractivity contribution < 1.29 is 13.2 Å². The molecule has 2 aromatic carbocycles. The molecular formula is C14H15BrN2O3S. The third-order valence-corrected chi connectivity index (χ3v) is 4.79. The van der Waals surface area contributed by atoms with Gasteiger partial charge in [-0.2, -0.15) is 0 Å². The highest BCUT2D eigenvalue weighted by molar-refractivity contribution is 9.10. The van der Waals surface area contributed by atoms with Crippen LogP contribution in [0.3, 0.4) is 0 Å². The topological polar surface area (TPSA) is 95.4 Å². The van der Waals surface area contributed by atoms with Gasteiger partial charge in [-0.3, -0.25) is 0 Å². The highest BCUT2D eigenvalue weighted by Crippen LogP contribution is 2.29. The molecule has 0 aliphatic heterocycles. The molecule has 0 saturated heterocycles. The number of anilines is 1. The van der Waals surface area contributed by atoms with Crippen LogP contribution in [0.25, 0.3) is 0 Å². The summed E-state index contributed by atoms with van der Waals surface area (Å²) >= 11 is 3.43. The van der Waals surface area contributed by atoms with Crippen molar-refractivity contribution in [2.45, 2.75) is 18.4 Å². The Bertz CT molecular complexity index is 776. The minimum Gasteiger partial charge on any atom is -0.488 e. The SMILES string of the molecule is Cc1c(OCc2ccccc2Br)cc(N)cc1S(N)(=O)=O. The number of benzene rings is 2. The van der Waals surface area contributed by atoms with E-state index in [0.29, 0.717) is 11.3 Å². The predicted octanol–water partition coefficient (Wildman–Crippen LogP) is 2.57. The van der Waals surface area contributed by atoms with E-state index in [1.54, 1.807) is 13.0 Å². The fraction of sp³-hybridized carbons (Fsp3) is 0.143. The van der Waals surface area contributed by atoms with Gasteiger partial charge in [0.2, 0.25) is 10.0 Å². The average molecular weight is 371 g/mol. The molecule has 0 aliphatic rings. The summed E-state index contributed by atoms with van der Waals surface area (Å²) < 4.78 is 29.7. The lowest BCUT2D eigenvalue weighted by Crippen LogP contribution is -2.15. The van der Waals surface area contributed by atoms with Crippen LogP contribution >= 0.6 is 15.9 Å². The summed E-state index contributed by atoms with van der Waals surface area (Å²) in [6.07, 6.45) is 0. The predicted molar refractivity (Wildman–Crippen MR) is 85.4 cm³/mol. The summed E-state index contributed by atoms with van der Waals surface area (Å²) in [7, 11) is -3.84. The van der Waals surface area contributed by atoms with E-state index in [0.717, 1.165) is 10.0 Å². The van der Waals surface area contributed by atoms with E-state index in [4.69, 9.17) is 15.6 Å². The van der Waals surface area contributed by atoms with Crippen LogP contribution in [-0.2, 0) is 16.6 Å². The summed E-state index contributed by atoms with van der Waals surface area (Å²) in [5.74, 6) is 0.398. The van der Waals surface area contributed by atoms with Crippen molar-refractivity contribution in [2.75, 3.05) is 5.73 Å². The molecule has 5 nitrogen and oxygen atoms in total. The maximum Gasteiger partial charge on any atom is 0.238 e. The van der Waals surface area contributed by atoms with Crippen molar-refractivity contribution in [1.29, 1.82) is 0 Å². The zero-order valence-electron chi connectivity index (χ0n) is 11.3. The number of ether oxygens (including phenoxy) is 1. The van der Waals surface area contributed by atoms with Crippen molar-refractivity contribution in [1.82, 2.24) is 0 Å². The molecule has 0 unspecified atom stereocenters. The Labute approximate surface area is 132 Å². The molecule has 0 radical (unpaired) electrons. The monoisotopic (exact) mass is 370 g/mol. The fourth-order valence-corrected chi connectivity index (χ4v) is 3.13. The summed E-state index contributed by atoms with van der Waals surface area (Å²) in [5.41, 5.74) is 7.38. The van der Waals surface area contributed by atoms with Crippen LogP contribution in [0.15, 0.2) is 45.8 Å². The van der Waals surface area contributed by atoms with Gasteiger partial charge < -0.3 is 10.5 Å². The molecule has 4 N–H and O–H groups in total. The van der Waals surface area contributed by atoms with Gasteiger partial charge in [0, 0.05) is 27.4 Å². The van der Waals surface area contributed by atoms with E-state index < -0.39 is 10.0 Å². The maximum absolute atomic E-state index is 11.5. The lowest BCUT2D eigenvalue weighted by molar-refractivity contribution is 0.302. The molecular weight excluding hydrogens is 356 g/mol. The maximum atomic E-state index is 11.5. The minimum atomic E-state index is -3.84. The first-order chi connectivity index (χ1) is 9.79. The summed E-state index contributed by atoms with van der Waals surface area (Å²) in [4.78, 5) is -0.0235. The van der Waals surface area contributed by atoms with Crippen LogP contribution < -0.4 is 15.6 Å². The Balaban J connectivity index is 2.33. The van der Waals surface area contributed by atoms with Crippen molar-refractivity contribution >= 4 is 31.6 Å². The van der Waals surface area contributed by atoms with Gasteiger partial charge in [0.15, 0.2) is 0 Å². The largest absolute Gasteiger partial charge is 0.488 e. The Kier molecular flexibility index (Phi) is 4.55. The van der Waals surface area contributed by atoms with Crippen LogP contribution in [0, 0.1) is 6.92 Å². The van der Waals surface area contributed by atoms with Gasteiger partial charge in [-0.25, -0.2) is 13.6 Å². The van der Waals surface area contributed by atoms with E-state index in [9.17, 15) is 8.42 Å². The molecule has 0 atom stereocenters. The van der Waals surface area contributed by atoms with Crippen LogP contribution in [0.5, 0.6) is 5.75 Å². The van der Waals surface area contributed by atoms with Gasteiger partial charge in [0.25, 0.3) is 0 Å². The number of primary sulfonamides is 1. The van der Waals surface area contributed by atoms with Crippen molar-refractivity contribution in [2.24, 2.45) is 5.14 Å². The van der Waals surface area contributed by atoms with Crippen molar-refractivity contribution in [3.63, 3.8) is 0 Å². The van der Waals surface area contributed by atoms with Crippen LogP contribution in [0.1, 0.15) is 11.1 Å². The average Bonchev–Trinajstić information content (AvgIpc) is 2.39. The lowest BCUT2D eigenvalue weighted by Gasteiger charge is -2.13. The normalized spacial score (nSPS) is 11.4. The van der Waals surface area contributed by atoms with Gasteiger partial charge in [-0.15, -0.1) is 0 Å². The second-order valence-corrected chi connectivity index (χ2v) is 6.95. The second-order valence-electron chi connectivity index (χ2n) is 4.57. The molecule has 21 heavy (non-hydrogen) atoms. The summed E-state index contributed by atoms with van der Waals surface area (Å²) in [6.45, 7) is 1.92. The molecule has 2 rings (SSSR count). The van der Waals surface area contributed by atoms with Crippen molar-refractivity contribution in [3.05, 3.63) is 52.0 Å². The Morgan fingerprint density at radius 1 is 1.24 bits per heavy atom. The number of rotatable bonds is 4. The van der Waals surface area contributed by atoms with E-state index in [1.165, 1.54) is 6.07 Å². The Morgan fingerprint density at radius 3 is 2.52 bits per heavy atom. The molecule has 112 valence electrons. The van der Waals surface area contributed by atoms with Gasteiger partial charge in [-0.05, 0) is 19.1 Å². The molecule has 7 heteroatoms. The first kappa shape index (κ1) is 15.8. The van der Waals surface area contributed by atoms with Gasteiger partial charge >= 0.3 is 0 Å². The molecule has 0 fully saturated rings. The standard InChI is InChI=1S/C14H15BrN2O3S/c1-9-13(6-11(16)7-14(9)21(17,18)19)20-8-10-4-2-3-5-12(10)15/h2-7H,8,16H2,1H3,(H2,17,18,19). The van der Waals surface area contributed by atoms with Gasteiger partial charge in [0.1, 0.15) is 12.4 Å². The molecule has 0 aromatic heterocycles. The molecule has 2 aromatic rings. The first-order valence-corrected chi connectivity index (χ1v) is 8.42. The molecule has 0 amide bonds.